The molecule has 1 aromatic heterocycles. The quantitative estimate of drug-likeness (QED) is 0.500. The first-order valence-electron chi connectivity index (χ1n) is 6.33. The largest absolute Gasteiger partial charge is 0.350 e. The molecule has 21 heavy (non-hydrogen) atoms. The van der Waals surface area contributed by atoms with E-state index in [0.717, 1.165) is 0 Å². The van der Waals surface area contributed by atoms with Crippen molar-refractivity contribution >= 4 is 17.4 Å². The van der Waals surface area contributed by atoms with Gasteiger partial charge < -0.3 is 5.32 Å². The van der Waals surface area contributed by atoms with Gasteiger partial charge in [0.25, 0.3) is 0 Å². The van der Waals surface area contributed by atoms with Crippen molar-refractivity contribution in [3.63, 3.8) is 0 Å². The van der Waals surface area contributed by atoms with Crippen molar-refractivity contribution in [2.24, 2.45) is 5.18 Å². The Hall–Kier alpha value is -2.89. The van der Waals surface area contributed by atoms with Crippen molar-refractivity contribution in [2.75, 3.05) is 0 Å². The Kier molecular flexibility index (Phi) is 4.87. The second-order valence-electron chi connectivity index (χ2n) is 4.31. The van der Waals surface area contributed by atoms with Gasteiger partial charge >= 0.3 is 0 Å². The molecule has 0 aliphatic heterocycles. The zero-order valence-electron chi connectivity index (χ0n) is 11.2. The van der Waals surface area contributed by atoms with Crippen LogP contribution in [-0.2, 0) is 11.3 Å². The van der Waals surface area contributed by atoms with Crippen LogP contribution in [0, 0.1) is 4.91 Å². The summed E-state index contributed by atoms with van der Waals surface area (Å²) in [7, 11) is 0. The molecule has 0 spiro atoms. The van der Waals surface area contributed by atoms with Crippen LogP contribution in [0.15, 0.2) is 53.8 Å². The number of nitrogens with zero attached hydrogens (tertiary/aromatic N) is 2. The molecule has 1 heterocycles. The predicted molar refractivity (Wildman–Crippen MR) is 76.9 cm³/mol. The van der Waals surface area contributed by atoms with E-state index in [4.69, 9.17) is 0 Å². The highest BCUT2D eigenvalue weighted by molar-refractivity contribution is 6.09. The lowest BCUT2D eigenvalue weighted by Crippen LogP contribution is -2.25. The molecule has 0 fully saturated rings. The van der Waals surface area contributed by atoms with Crippen molar-refractivity contribution < 1.29 is 9.59 Å². The third kappa shape index (κ3) is 4.04. The molecule has 2 rings (SSSR count). The van der Waals surface area contributed by atoms with Gasteiger partial charge in [0.2, 0.25) is 5.91 Å². The van der Waals surface area contributed by atoms with Crippen LogP contribution in [0.5, 0.6) is 0 Å². The molecule has 0 saturated carbocycles. The zero-order valence-corrected chi connectivity index (χ0v) is 11.2. The number of Topliss-reactive ketones (excluding diaryl/α,β-unsaturated/α-hetero) is 1. The molecule has 2 aromatic rings. The third-order valence-corrected chi connectivity index (χ3v) is 2.82. The van der Waals surface area contributed by atoms with E-state index >= 15 is 0 Å². The van der Waals surface area contributed by atoms with E-state index in [0.29, 0.717) is 5.69 Å². The van der Waals surface area contributed by atoms with Crippen LogP contribution >= 0.6 is 0 Å². The summed E-state index contributed by atoms with van der Waals surface area (Å²) in [5.41, 5.74) is 0.897. The zero-order chi connectivity index (χ0) is 15.1. The van der Waals surface area contributed by atoms with Gasteiger partial charge in [0, 0.05) is 11.8 Å². The Bertz CT molecular complexity index is 656. The first-order valence-corrected chi connectivity index (χ1v) is 6.33. The monoisotopic (exact) mass is 283 g/mol. The van der Waals surface area contributed by atoms with Gasteiger partial charge in [0.05, 0.1) is 18.7 Å². The van der Waals surface area contributed by atoms with Crippen LogP contribution in [0.2, 0.25) is 0 Å². The summed E-state index contributed by atoms with van der Waals surface area (Å²) in [6, 6.07) is 11.5. The molecule has 6 heteroatoms. The highest BCUT2D eigenvalue weighted by Gasteiger charge is 2.15. The van der Waals surface area contributed by atoms with Crippen LogP contribution in [0.4, 0.5) is 5.69 Å². The van der Waals surface area contributed by atoms with E-state index in [9.17, 15) is 14.5 Å². The molecule has 0 unspecified atom stereocenters. The Balaban J connectivity index is 1.93. The Morgan fingerprint density at radius 2 is 1.86 bits per heavy atom. The minimum Gasteiger partial charge on any atom is -0.350 e. The summed E-state index contributed by atoms with van der Waals surface area (Å²) >= 11 is 0. The maximum absolute atomic E-state index is 12.0. The van der Waals surface area contributed by atoms with Crippen molar-refractivity contribution in [3.05, 3.63) is 64.8 Å². The topological polar surface area (TPSA) is 88.5 Å². The predicted octanol–water partition coefficient (Wildman–Crippen LogP) is 2.37. The molecule has 106 valence electrons. The van der Waals surface area contributed by atoms with E-state index in [2.05, 4.69) is 15.5 Å². The number of nitroso groups, excluding NO2 is 1. The maximum atomic E-state index is 12.0. The summed E-state index contributed by atoms with van der Waals surface area (Å²) in [5.74, 6) is -0.866. The fourth-order valence-corrected chi connectivity index (χ4v) is 1.78. The molecule has 1 aromatic carbocycles. The van der Waals surface area contributed by atoms with E-state index in [-0.39, 0.29) is 24.2 Å². The van der Waals surface area contributed by atoms with Crippen molar-refractivity contribution in [2.45, 2.75) is 13.0 Å². The van der Waals surface area contributed by atoms with E-state index in [1.807, 2.05) is 6.07 Å². The van der Waals surface area contributed by atoms with Gasteiger partial charge in [-0.2, -0.15) is 0 Å². The van der Waals surface area contributed by atoms with Crippen LogP contribution in [0.3, 0.4) is 0 Å². The SMILES string of the molecule is O=Nc1ccccc1C(=O)CC(=O)NCc1ccccn1. The number of nitrogens with one attached hydrogen (secondary N) is 1. The molecule has 0 radical (unpaired) electrons. The van der Waals surface area contributed by atoms with Crippen molar-refractivity contribution in [1.29, 1.82) is 0 Å². The summed E-state index contributed by atoms with van der Waals surface area (Å²) in [6.45, 7) is 0.251. The number of rotatable bonds is 6. The number of ketones is 1. The minimum absolute atomic E-state index is 0.0417. The fourth-order valence-electron chi connectivity index (χ4n) is 1.78. The number of aromatic nitrogens is 1. The molecular formula is C15H13N3O3. The minimum atomic E-state index is -0.441. The van der Waals surface area contributed by atoms with Gasteiger partial charge in [-0.3, -0.25) is 14.6 Å². The molecule has 1 amide bonds. The summed E-state index contributed by atoms with van der Waals surface area (Å²) in [5, 5.41) is 5.39. The molecule has 0 aliphatic rings. The fraction of sp³-hybridized carbons (Fsp3) is 0.133. The Labute approximate surface area is 121 Å². The number of amides is 1. The van der Waals surface area contributed by atoms with E-state index in [1.165, 1.54) is 12.1 Å². The second-order valence-corrected chi connectivity index (χ2v) is 4.31. The van der Waals surface area contributed by atoms with E-state index < -0.39 is 11.7 Å². The first-order chi connectivity index (χ1) is 10.2. The van der Waals surface area contributed by atoms with Gasteiger partial charge in [-0.1, -0.05) is 18.2 Å². The number of pyridine rings is 1. The Morgan fingerprint density at radius 3 is 2.57 bits per heavy atom. The smallest absolute Gasteiger partial charge is 0.228 e. The van der Waals surface area contributed by atoms with Crippen molar-refractivity contribution in [1.82, 2.24) is 10.3 Å². The summed E-state index contributed by atoms with van der Waals surface area (Å²) < 4.78 is 0. The molecule has 0 bridgehead atoms. The van der Waals surface area contributed by atoms with Gasteiger partial charge in [-0.15, -0.1) is 4.91 Å². The number of carbonyl (C=O) groups excluding carboxylic acids is 2. The highest BCUT2D eigenvalue weighted by atomic mass is 16.3. The van der Waals surface area contributed by atoms with Gasteiger partial charge in [0.15, 0.2) is 5.78 Å². The third-order valence-electron chi connectivity index (χ3n) is 2.82. The first kappa shape index (κ1) is 14.5. The van der Waals surface area contributed by atoms with Crippen LogP contribution in [-0.4, -0.2) is 16.7 Å². The standard InChI is InChI=1S/C15H13N3O3/c19-14(12-6-1-2-7-13(12)18-21)9-15(20)17-10-11-5-3-4-8-16-11/h1-8H,9-10H2,(H,17,20). The van der Waals surface area contributed by atoms with Gasteiger partial charge in [-0.05, 0) is 29.4 Å². The molecular weight excluding hydrogens is 270 g/mol. The molecule has 0 saturated heterocycles. The highest BCUT2D eigenvalue weighted by Crippen LogP contribution is 2.19. The van der Waals surface area contributed by atoms with Crippen LogP contribution in [0.1, 0.15) is 22.5 Å². The average molecular weight is 283 g/mol. The van der Waals surface area contributed by atoms with Crippen LogP contribution in [0.25, 0.3) is 0 Å². The maximum Gasteiger partial charge on any atom is 0.228 e. The number of benzene rings is 1. The number of carbonyl (C=O) groups is 2. The molecule has 0 aliphatic carbocycles. The summed E-state index contributed by atoms with van der Waals surface area (Å²) in [6.07, 6.45) is 1.29. The number of hydrogen-bond donors (Lipinski definition) is 1. The van der Waals surface area contributed by atoms with Gasteiger partial charge in [-0.25, -0.2) is 0 Å². The normalized spacial score (nSPS) is 9.90. The number of hydrogen-bond acceptors (Lipinski definition) is 5. The Morgan fingerprint density at radius 1 is 1.10 bits per heavy atom. The lowest BCUT2D eigenvalue weighted by atomic mass is 10.1. The van der Waals surface area contributed by atoms with Gasteiger partial charge in [0.1, 0.15) is 5.69 Å². The summed E-state index contributed by atoms with van der Waals surface area (Å²) in [4.78, 5) is 38.4. The molecule has 0 atom stereocenters. The second kappa shape index (κ2) is 7.04. The van der Waals surface area contributed by atoms with E-state index in [1.54, 1.807) is 30.5 Å². The molecule has 1 N–H and O–H groups in total. The van der Waals surface area contributed by atoms with Crippen molar-refractivity contribution in [3.8, 4) is 0 Å². The molecule has 6 nitrogen and oxygen atoms in total. The lowest BCUT2D eigenvalue weighted by molar-refractivity contribution is -0.120. The lowest BCUT2D eigenvalue weighted by Gasteiger charge is -2.05. The average Bonchev–Trinajstić information content (AvgIpc) is 2.53. The van der Waals surface area contributed by atoms with Crippen LogP contribution < -0.4 is 5.32 Å².